The fourth-order valence-corrected chi connectivity index (χ4v) is 2.08. The molecule has 1 aromatic carbocycles. The smallest absolute Gasteiger partial charge is 0.306 e. The lowest BCUT2D eigenvalue weighted by molar-refractivity contribution is -0.155. The van der Waals surface area contributed by atoms with Crippen LogP contribution in [-0.4, -0.2) is 18.2 Å². The van der Waals surface area contributed by atoms with E-state index in [-0.39, 0.29) is 5.97 Å². The van der Waals surface area contributed by atoms with Crippen molar-refractivity contribution in [1.82, 2.24) is 0 Å². The summed E-state index contributed by atoms with van der Waals surface area (Å²) in [5.41, 5.74) is 0.834. The van der Waals surface area contributed by atoms with Gasteiger partial charge in [0.2, 0.25) is 0 Å². The van der Waals surface area contributed by atoms with Crippen molar-refractivity contribution in [3.8, 4) is 11.8 Å². The second-order valence-corrected chi connectivity index (χ2v) is 6.16. The van der Waals surface area contributed by atoms with Gasteiger partial charge >= 0.3 is 5.97 Å². The first-order valence-corrected chi connectivity index (χ1v) is 7.15. The summed E-state index contributed by atoms with van der Waals surface area (Å²) in [4.78, 5) is 11.5. The van der Waals surface area contributed by atoms with Crippen LogP contribution >= 0.6 is 11.6 Å². The zero-order chi connectivity index (χ0) is 16.0. The normalized spacial score (nSPS) is 10.9. The number of halogens is 1. The Morgan fingerprint density at radius 3 is 2.57 bits per heavy atom. The molecule has 0 saturated carbocycles. The van der Waals surface area contributed by atoms with Crippen molar-refractivity contribution in [3.05, 3.63) is 28.3 Å². The van der Waals surface area contributed by atoms with E-state index in [2.05, 4.69) is 0 Å². The molecule has 1 rings (SSSR count). The topological polar surface area (TPSA) is 59.3 Å². The van der Waals surface area contributed by atoms with Gasteiger partial charge in [0, 0.05) is 6.42 Å². The summed E-state index contributed by atoms with van der Waals surface area (Å²) in [6.45, 7) is 7.70. The highest BCUT2D eigenvalue weighted by Gasteiger charge is 2.16. The SMILES string of the molecule is Cc1cc(C#N)cc(Cl)c1OCCCC(=O)OC(C)(C)C. The van der Waals surface area contributed by atoms with Crippen molar-refractivity contribution in [1.29, 1.82) is 5.26 Å². The Morgan fingerprint density at radius 1 is 1.38 bits per heavy atom. The van der Waals surface area contributed by atoms with Crippen LogP contribution in [0.1, 0.15) is 44.7 Å². The van der Waals surface area contributed by atoms with Crippen LogP contribution in [0.25, 0.3) is 0 Å². The van der Waals surface area contributed by atoms with Gasteiger partial charge in [0.15, 0.2) is 0 Å². The monoisotopic (exact) mass is 309 g/mol. The van der Waals surface area contributed by atoms with E-state index in [9.17, 15) is 4.79 Å². The van der Waals surface area contributed by atoms with Crippen molar-refractivity contribution in [2.24, 2.45) is 0 Å². The highest BCUT2D eigenvalue weighted by molar-refractivity contribution is 6.32. The standard InChI is InChI=1S/C16H20ClNO3/c1-11-8-12(10-18)9-13(17)15(11)20-7-5-6-14(19)21-16(2,3)4/h8-9H,5-7H2,1-4H3. The maximum atomic E-state index is 11.5. The maximum Gasteiger partial charge on any atom is 0.306 e. The van der Waals surface area contributed by atoms with Gasteiger partial charge in [-0.1, -0.05) is 11.6 Å². The number of esters is 1. The first-order chi connectivity index (χ1) is 9.73. The molecule has 0 bridgehead atoms. The minimum absolute atomic E-state index is 0.242. The number of hydrogen-bond donors (Lipinski definition) is 0. The van der Waals surface area contributed by atoms with Crippen molar-refractivity contribution >= 4 is 17.6 Å². The number of carbonyl (C=O) groups excluding carboxylic acids is 1. The average molecular weight is 310 g/mol. The Kier molecular flexibility index (Phi) is 6.04. The Bertz CT molecular complexity index is 533. The Balaban J connectivity index is 2.47. The van der Waals surface area contributed by atoms with Crippen LogP contribution in [0.15, 0.2) is 12.1 Å². The summed E-state index contributed by atoms with van der Waals surface area (Å²) >= 11 is 6.07. The third-order valence-corrected chi connectivity index (χ3v) is 2.83. The molecular weight excluding hydrogens is 290 g/mol. The third-order valence-electron chi connectivity index (χ3n) is 2.55. The van der Waals surface area contributed by atoms with Gasteiger partial charge in [-0.3, -0.25) is 4.79 Å². The number of carbonyl (C=O) groups is 1. The molecule has 5 heteroatoms. The molecule has 21 heavy (non-hydrogen) atoms. The van der Waals surface area contributed by atoms with Crippen LogP contribution in [0, 0.1) is 18.3 Å². The Morgan fingerprint density at radius 2 is 2.05 bits per heavy atom. The van der Waals surface area contributed by atoms with Gasteiger partial charge in [-0.2, -0.15) is 5.26 Å². The largest absolute Gasteiger partial charge is 0.492 e. The molecule has 0 aliphatic heterocycles. The van der Waals surface area contributed by atoms with Crippen LogP contribution in [-0.2, 0) is 9.53 Å². The van der Waals surface area contributed by atoms with Gasteiger partial charge in [0.05, 0.1) is 23.3 Å². The molecule has 0 heterocycles. The molecule has 0 aliphatic rings. The average Bonchev–Trinajstić information content (AvgIpc) is 2.34. The second-order valence-electron chi connectivity index (χ2n) is 5.75. The summed E-state index contributed by atoms with van der Waals surface area (Å²) in [6.07, 6.45) is 0.842. The van der Waals surface area contributed by atoms with Crippen molar-refractivity contribution in [3.63, 3.8) is 0 Å². The van der Waals surface area contributed by atoms with E-state index in [0.29, 0.717) is 35.8 Å². The molecule has 4 nitrogen and oxygen atoms in total. The first kappa shape index (κ1) is 17.3. The number of hydrogen-bond acceptors (Lipinski definition) is 4. The summed E-state index contributed by atoms with van der Waals surface area (Å²) in [7, 11) is 0. The highest BCUT2D eigenvalue weighted by Crippen LogP contribution is 2.29. The van der Waals surface area contributed by atoms with E-state index in [1.165, 1.54) is 0 Å². The third kappa shape index (κ3) is 6.05. The predicted molar refractivity (Wildman–Crippen MR) is 81.5 cm³/mol. The van der Waals surface area contributed by atoms with Crippen molar-refractivity contribution in [2.75, 3.05) is 6.61 Å². The minimum atomic E-state index is -0.467. The molecule has 0 aliphatic carbocycles. The van der Waals surface area contributed by atoms with E-state index in [1.807, 2.05) is 33.8 Å². The molecule has 0 atom stereocenters. The number of ether oxygens (including phenoxy) is 2. The van der Waals surface area contributed by atoms with Gasteiger partial charge in [0.1, 0.15) is 11.4 Å². The van der Waals surface area contributed by atoms with Crippen LogP contribution in [0.4, 0.5) is 0 Å². The molecule has 0 N–H and O–H groups in total. The lowest BCUT2D eigenvalue weighted by Gasteiger charge is -2.19. The van der Waals surface area contributed by atoms with Gasteiger partial charge < -0.3 is 9.47 Å². The molecule has 114 valence electrons. The molecule has 0 spiro atoms. The molecule has 0 aromatic heterocycles. The molecule has 1 aromatic rings. The number of nitrogens with zero attached hydrogens (tertiary/aromatic N) is 1. The Hall–Kier alpha value is -1.73. The van der Waals surface area contributed by atoms with Gasteiger partial charge in [0.25, 0.3) is 0 Å². The molecule has 0 fully saturated rings. The molecule has 0 amide bonds. The molecule has 0 saturated heterocycles. The summed E-state index contributed by atoms with van der Waals surface area (Å²) < 4.78 is 10.8. The van der Waals surface area contributed by atoms with E-state index in [4.69, 9.17) is 26.3 Å². The van der Waals surface area contributed by atoms with Crippen molar-refractivity contribution < 1.29 is 14.3 Å². The van der Waals surface area contributed by atoms with Crippen LogP contribution in [0.3, 0.4) is 0 Å². The highest BCUT2D eigenvalue weighted by atomic mass is 35.5. The van der Waals surface area contributed by atoms with Crippen LogP contribution in [0.2, 0.25) is 5.02 Å². The quantitative estimate of drug-likeness (QED) is 0.609. The van der Waals surface area contributed by atoms with E-state index < -0.39 is 5.60 Å². The summed E-state index contributed by atoms with van der Waals surface area (Å²) in [5, 5.41) is 9.25. The van der Waals surface area contributed by atoms with E-state index in [1.54, 1.807) is 12.1 Å². The van der Waals surface area contributed by atoms with Gasteiger partial charge in [-0.15, -0.1) is 0 Å². The second kappa shape index (κ2) is 7.33. The summed E-state index contributed by atoms with van der Waals surface area (Å²) in [6, 6.07) is 5.32. The number of rotatable bonds is 5. The Labute approximate surface area is 130 Å². The first-order valence-electron chi connectivity index (χ1n) is 6.78. The number of benzene rings is 1. The van der Waals surface area contributed by atoms with Gasteiger partial charge in [-0.25, -0.2) is 0 Å². The number of aryl methyl sites for hydroxylation is 1. The zero-order valence-corrected chi connectivity index (χ0v) is 13.6. The zero-order valence-electron chi connectivity index (χ0n) is 12.8. The molecule has 0 radical (unpaired) electrons. The minimum Gasteiger partial charge on any atom is -0.492 e. The number of nitriles is 1. The van der Waals surface area contributed by atoms with Crippen LogP contribution < -0.4 is 4.74 Å². The van der Waals surface area contributed by atoms with Gasteiger partial charge in [-0.05, 0) is 51.8 Å². The van der Waals surface area contributed by atoms with Crippen molar-refractivity contribution in [2.45, 2.75) is 46.1 Å². The van der Waals surface area contributed by atoms with E-state index in [0.717, 1.165) is 5.56 Å². The fourth-order valence-electron chi connectivity index (χ4n) is 1.76. The van der Waals surface area contributed by atoms with Crippen LogP contribution in [0.5, 0.6) is 5.75 Å². The molecule has 0 unspecified atom stereocenters. The lowest BCUT2D eigenvalue weighted by atomic mass is 10.1. The summed E-state index contributed by atoms with van der Waals surface area (Å²) in [5.74, 6) is 0.314. The maximum absolute atomic E-state index is 11.5. The van der Waals surface area contributed by atoms with E-state index >= 15 is 0 Å². The fraction of sp³-hybridized carbons (Fsp3) is 0.500. The predicted octanol–water partition coefficient (Wildman–Crippen LogP) is 4.02. The molecular formula is C16H20ClNO3. The lowest BCUT2D eigenvalue weighted by Crippen LogP contribution is -2.24.